The Morgan fingerprint density at radius 1 is 0.683 bits per heavy atom. The summed E-state index contributed by atoms with van der Waals surface area (Å²) >= 11 is 0. The second kappa shape index (κ2) is 18.7. The lowest BCUT2D eigenvalue weighted by molar-refractivity contribution is -0.141. The van der Waals surface area contributed by atoms with Gasteiger partial charge in [0.1, 0.15) is 24.2 Å². The third-order valence-electron chi connectivity index (χ3n) is 4.71. The van der Waals surface area contributed by atoms with Gasteiger partial charge in [0.2, 0.25) is 29.5 Å². The molecule has 0 saturated carbocycles. The van der Waals surface area contributed by atoms with E-state index in [4.69, 9.17) is 20.7 Å². The predicted octanol–water partition coefficient (Wildman–Crippen LogP) is -3.48. The fourth-order valence-electron chi connectivity index (χ4n) is 2.90. The van der Waals surface area contributed by atoms with Crippen molar-refractivity contribution in [2.75, 3.05) is 32.7 Å². The van der Waals surface area contributed by atoms with E-state index in [-0.39, 0.29) is 6.42 Å². The number of nitrogens with one attached hydrogen (secondary N) is 6. The molecule has 0 fully saturated rings. The van der Waals surface area contributed by atoms with E-state index in [1.54, 1.807) is 20.8 Å². The second-order valence-electron chi connectivity index (χ2n) is 9.58. The molecule has 2 atom stereocenters. The largest absolute Gasteiger partial charge is 0.481 e. The first kappa shape index (κ1) is 36.5. The molecule has 0 heterocycles. The van der Waals surface area contributed by atoms with E-state index in [1.807, 2.05) is 5.32 Å². The number of hydrogen-bond acceptors (Lipinski definition) is 10. The molecule has 10 N–H and O–H groups in total. The average molecular weight is 590 g/mol. The van der Waals surface area contributed by atoms with Crippen molar-refractivity contribution in [1.82, 2.24) is 31.9 Å². The molecule has 0 aromatic heterocycles. The zero-order valence-electron chi connectivity index (χ0n) is 23.2. The normalized spacial score (nSPS) is 12.1. The maximum absolute atomic E-state index is 12.5. The Kier molecular flexibility index (Phi) is 16.7. The predicted molar refractivity (Wildman–Crippen MR) is 140 cm³/mol. The molecule has 0 spiro atoms. The number of unbranched alkanes of at least 4 members (excludes halogenated alkanes) is 1. The zero-order chi connectivity index (χ0) is 31.6. The minimum absolute atomic E-state index is 0.239. The topological polar surface area (TPSA) is 284 Å². The van der Waals surface area contributed by atoms with E-state index < -0.39 is 97.9 Å². The van der Waals surface area contributed by atoms with Crippen LogP contribution < -0.4 is 37.6 Å². The van der Waals surface area contributed by atoms with Gasteiger partial charge in [0.25, 0.3) is 0 Å². The van der Waals surface area contributed by atoms with Gasteiger partial charge in [-0.05, 0) is 46.6 Å². The third-order valence-corrected chi connectivity index (χ3v) is 4.71. The molecule has 0 bridgehead atoms. The van der Waals surface area contributed by atoms with Crippen LogP contribution in [0.5, 0.6) is 0 Å². The number of carboxylic acids is 2. The fourth-order valence-corrected chi connectivity index (χ4v) is 2.90. The molecule has 0 aliphatic carbocycles. The van der Waals surface area contributed by atoms with Crippen LogP contribution in [0.3, 0.4) is 0 Å². The molecule has 0 aliphatic rings. The highest BCUT2D eigenvalue weighted by atomic mass is 16.6. The van der Waals surface area contributed by atoms with Gasteiger partial charge in [-0.25, -0.2) is 4.79 Å². The number of aliphatic carboxylic acids is 2. The van der Waals surface area contributed by atoms with Gasteiger partial charge in [-0.1, -0.05) is 0 Å². The van der Waals surface area contributed by atoms with Crippen LogP contribution >= 0.6 is 0 Å². The first-order chi connectivity index (χ1) is 19.0. The molecule has 0 saturated heterocycles. The lowest BCUT2D eigenvalue weighted by Crippen LogP contribution is -2.52. The smallest absolute Gasteiger partial charge is 0.408 e. The van der Waals surface area contributed by atoms with Crippen molar-refractivity contribution in [1.29, 1.82) is 0 Å². The molecule has 2 unspecified atom stereocenters. The SMILES string of the molecule is CC(C)(C)OC(=O)NC(CCCCN)C(=O)NCC(=O)NCC(=O)NCC(=O)NC(CC(=O)O)C(=O)NCC(=O)O. The quantitative estimate of drug-likeness (QED) is 0.0705. The molecule has 0 aromatic carbocycles. The van der Waals surface area contributed by atoms with Gasteiger partial charge in [0.15, 0.2) is 0 Å². The summed E-state index contributed by atoms with van der Waals surface area (Å²) in [5.41, 5.74) is 4.67. The lowest BCUT2D eigenvalue weighted by Gasteiger charge is -2.23. The van der Waals surface area contributed by atoms with Crippen molar-refractivity contribution in [3.63, 3.8) is 0 Å². The van der Waals surface area contributed by atoms with Crippen LogP contribution in [0, 0.1) is 0 Å². The number of alkyl carbamates (subject to hydrolysis) is 1. The highest BCUT2D eigenvalue weighted by Crippen LogP contribution is 2.08. The summed E-state index contributed by atoms with van der Waals surface area (Å²) in [4.78, 5) is 94.0. The molecule has 0 aromatic rings. The van der Waals surface area contributed by atoms with E-state index in [9.17, 15) is 38.4 Å². The van der Waals surface area contributed by atoms with Crippen LogP contribution in [-0.4, -0.2) is 108 Å². The average Bonchev–Trinajstić information content (AvgIpc) is 2.85. The van der Waals surface area contributed by atoms with Crippen LogP contribution in [-0.2, 0) is 38.3 Å². The van der Waals surface area contributed by atoms with Crippen LogP contribution in [0.25, 0.3) is 0 Å². The zero-order valence-corrected chi connectivity index (χ0v) is 23.2. The first-order valence-electron chi connectivity index (χ1n) is 12.5. The van der Waals surface area contributed by atoms with Gasteiger partial charge in [-0.3, -0.25) is 33.6 Å². The molecule has 0 radical (unpaired) electrons. The number of ether oxygens (including phenoxy) is 1. The van der Waals surface area contributed by atoms with Crippen molar-refractivity contribution in [2.45, 2.75) is 64.1 Å². The Morgan fingerprint density at radius 3 is 1.71 bits per heavy atom. The Morgan fingerprint density at radius 2 is 1.20 bits per heavy atom. The number of carbonyl (C=O) groups excluding carboxylic acids is 6. The Hall–Kier alpha value is -4.48. The van der Waals surface area contributed by atoms with Gasteiger partial charge in [0.05, 0.1) is 26.1 Å². The molecular weight excluding hydrogens is 550 g/mol. The van der Waals surface area contributed by atoms with Gasteiger partial charge in [-0.15, -0.1) is 0 Å². The van der Waals surface area contributed by atoms with Gasteiger partial charge < -0.3 is 52.6 Å². The number of rotatable bonds is 18. The van der Waals surface area contributed by atoms with Crippen LogP contribution in [0.2, 0.25) is 0 Å². The van der Waals surface area contributed by atoms with Gasteiger partial charge in [0, 0.05) is 0 Å². The van der Waals surface area contributed by atoms with Crippen LogP contribution in [0.15, 0.2) is 0 Å². The summed E-state index contributed by atoms with van der Waals surface area (Å²) in [6, 6.07) is -2.59. The van der Waals surface area contributed by atoms with Gasteiger partial charge >= 0.3 is 18.0 Å². The van der Waals surface area contributed by atoms with Crippen molar-refractivity contribution < 1.29 is 53.3 Å². The van der Waals surface area contributed by atoms with E-state index in [2.05, 4.69) is 26.6 Å². The Balaban J connectivity index is 4.66. The number of hydrogen-bond donors (Lipinski definition) is 9. The summed E-state index contributed by atoms with van der Waals surface area (Å²) < 4.78 is 5.15. The number of amides is 6. The maximum atomic E-state index is 12.5. The standard InChI is InChI=1S/C23H39N7O11/c1-23(2,3)41-22(40)30-13(6-4-5-7-24)20(38)27-10-16(32)25-9-15(31)26-11-17(33)29-14(8-18(34)35)21(39)28-12-19(36)37/h13-14H,4-12,24H2,1-3H3,(H,25,32)(H,26,31)(H,27,38)(H,28,39)(H,29,33)(H,30,40)(H,34,35)(H,36,37). The summed E-state index contributed by atoms with van der Waals surface area (Å²) in [6.45, 7) is 2.76. The fraction of sp³-hybridized carbons (Fsp3) is 0.652. The minimum Gasteiger partial charge on any atom is -0.481 e. The second-order valence-corrected chi connectivity index (χ2v) is 9.58. The van der Waals surface area contributed by atoms with Crippen LogP contribution in [0.4, 0.5) is 4.79 Å². The molecular formula is C23H39N7O11. The molecule has 6 amide bonds. The molecule has 0 rings (SSSR count). The Labute approximate surface area is 235 Å². The number of nitrogens with two attached hydrogens (primary N) is 1. The van der Waals surface area contributed by atoms with Crippen molar-refractivity contribution in [2.24, 2.45) is 5.73 Å². The van der Waals surface area contributed by atoms with Crippen molar-refractivity contribution >= 4 is 47.6 Å². The maximum Gasteiger partial charge on any atom is 0.408 e. The summed E-state index contributed by atoms with van der Waals surface area (Å²) in [6.07, 6.45) is -0.289. The highest BCUT2D eigenvalue weighted by molar-refractivity contribution is 5.94. The van der Waals surface area contributed by atoms with E-state index in [1.165, 1.54) is 0 Å². The molecule has 232 valence electrons. The van der Waals surface area contributed by atoms with Crippen molar-refractivity contribution in [3.05, 3.63) is 0 Å². The van der Waals surface area contributed by atoms with Crippen LogP contribution in [0.1, 0.15) is 46.5 Å². The number of carbonyl (C=O) groups is 8. The number of carboxylic acid groups (broad SMARTS) is 2. The van der Waals surface area contributed by atoms with E-state index in [0.717, 1.165) is 0 Å². The molecule has 0 aliphatic heterocycles. The van der Waals surface area contributed by atoms with Gasteiger partial charge in [-0.2, -0.15) is 0 Å². The monoisotopic (exact) mass is 589 g/mol. The minimum atomic E-state index is -1.59. The Bertz CT molecular complexity index is 966. The summed E-state index contributed by atoms with van der Waals surface area (Å²) in [7, 11) is 0. The van der Waals surface area contributed by atoms with E-state index in [0.29, 0.717) is 19.4 Å². The summed E-state index contributed by atoms with van der Waals surface area (Å²) in [5, 5.41) is 30.6. The highest BCUT2D eigenvalue weighted by Gasteiger charge is 2.25. The lowest BCUT2D eigenvalue weighted by atomic mass is 10.1. The van der Waals surface area contributed by atoms with E-state index >= 15 is 0 Å². The van der Waals surface area contributed by atoms with Crippen molar-refractivity contribution in [3.8, 4) is 0 Å². The summed E-state index contributed by atoms with van der Waals surface area (Å²) in [5.74, 6) is -7.07. The first-order valence-corrected chi connectivity index (χ1v) is 12.5. The molecule has 18 nitrogen and oxygen atoms in total. The molecule has 18 heteroatoms. The molecule has 41 heavy (non-hydrogen) atoms. The third kappa shape index (κ3) is 19.3.